The molecular formula is C20H28ClN3O5P2. The van der Waals surface area contributed by atoms with E-state index in [9.17, 15) is 4.89 Å². The first-order valence-corrected chi connectivity index (χ1v) is 13.8. The highest BCUT2D eigenvalue weighted by atomic mass is 35.5. The standard InChI is InChI=1S/C20H28ClN3O5P2/c21-20-23-17-10-13(18-9-7-15(29-18)11-28-31(27)12-30(25)26)6-8-16(17)19(24-20)22-14-4-2-1-3-5-14/h6,8,10,14-15,18,25-27H,1-5,7,9,11-12H2,(H,22,23,24). The number of nitrogens with one attached hydrogen (secondary N) is 1. The van der Waals surface area contributed by atoms with Crippen molar-refractivity contribution in [1.29, 1.82) is 0 Å². The van der Waals surface area contributed by atoms with Crippen LogP contribution in [0.1, 0.15) is 56.6 Å². The topological polar surface area (TPSA) is 117 Å². The number of halogens is 1. The Labute approximate surface area is 189 Å². The van der Waals surface area contributed by atoms with Crippen LogP contribution in [0.5, 0.6) is 0 Å². The van der Waals surface area contributed by atoms with Gasteiger partial charge in [-0.3, -0.25) is 0 Å². The quantitative estimate of drug-likeness (QED) is 0.309. The van der Waals surface area contributed by atoms with E-state index in [-0.39, 0.29) is 30.0 Å². The van der Waals surface area contributed by atoms with Crippen LogP contribution < -0.4 is 5.32 Å². The number of rotatable bonds is 8. The molecule has 2 aliphatic rings. The first-order valence-electron chi connectivity index (χ1n) is 10.6. The van der Waals surface area contributed by atoms with E-state index in [2.05, 4.69) is 15.3 Å². The maximum absolute atomic E-state index is 9.70. The predicted octanol–water partition coefficient (Wildman–Crippen LogP) is 4.82. The van der Waals surface area contributed by atoms with E-state index in [0.717, 1.165) is 48.0 Å². The number of aromatic nitrogens is 2. The molecule has 2 fully saturated rings. The third-order valence-corrected chi connectivity index (χ3v) is 8.37. The van der Waals surface area contributed by atoms with Gasteiger partial charge in [-0.1, -0.05) is 25.3 Å². The van der Waals surface area contributed by atoms with Crippen molar-refractivity contribution in [2.45, 2.75) is 63.2 Å². The summed E-state index contributed by atoms with van der Waals surface area (Å²) in [5.74, 6) is 0.666. The van der Waals surface area contributed by atoms with Crippen LogP contribution >= 0.6 is 28.4 Å². The molecule has 3 atom stereocenters. The highest BCUT2D eigenvalue weighted by Gasteiger charge is 2.28. The van der Waals surface area contributed by atoms with Gasteiger partial charge in [0.15, 0.2) is 16.8 Å². The van der Waals surface area contributed by atoms with Gasteiger partial charge in [-0.25, -0.2) is 9.97 Å². The number of anilines is 1. The molecule has 0 spiro atoms. The Morgan fingerprint density at radius 2 is 1.90 bits per heavy atom. The van der Waals surface area contributed by atoms with Crippen molar-refractivity contribution in [3.05, 3.63) is 29.0 Å². The highest BCUT2D eigenvalue weighted by Crippen LogP contribution is 2.45. The van der Waals surface area contributed by atoms with Gasteiger partial charge < -0.3 is 29.3 Å². The van der Waals surface area contributed by atoms with Crippen LogP contribution in [0.25, 0.3) is 10.9 Å². The number of hydrogen-bond acceptors (Lipinski definition) is 8. The second-order valence-corrected chi connectivity index (χ2v) is 11.3. The van der Waals surface area contributed by atoms with Gasteiger partial charge in [0.1, 0.15) is 5.82 Å². The molecular weight excluding hydrogens is 460 g/mol. The number of ether oxygens (including phenoxy) is 1. The Morgan fingerprint density at radius 3 is 2.68 bits per heavy atom. The van der Waals surface area contributed by atoms with Crippen LogP contribution in [-0.2, 0) is 9.26 Å². The van der Waals surface area contributed by atoms with Crippen molar-refractivity contribution in [3.8, 4) is 0 Å². The van der Waals surface area contributed by atoms with Crippen LogP contribution in [0.2, 0.25) is 5.28 Å². The summed E-state index contributed by atoms with van der Waals surface area (Å²) in [7, 11) is -3.99. The molecule has 170 valence electrons. The highest BCUT2D eigenvalue weighted by molar-refractivity contribution is 7.63. The lowest BCUT2D eigenvalue weighted by molar-refractivity contribution is 0.0178. The second-order valence-electron chi connectivity index (χ2n) is 8.08. The summed E-state index contributed by atoms with van der Waals surface area (Å²) in [6.45, 7) is 0.235. The van der Waals surface area contributed by atoms with Crippen molar-refractivity contribution in [2.24, 2.45) is 0 Å². The zero-order valence-electron chi connectivity index (χ0n) is 17.2. The molecule has 1 saturated heterocycles. The largest absolute Gasteiger partial charge is 0.368 e. The van der Waals surface area contributed by atoms with Crippen LogP contribution in [0.4, 0.5) is 5.82 Å². The van der Waals surface area contributed by atoms with Crippen LogP contribution in [0.3, 0.4) is 0 Å². The summed E-state index contributed by atoms with van der Waals surface area (Å²) < 4.78 is 11.4. The van der Waals surface area contributed by atoms with Crippen molar-refractivity contribution < 1.29 is 23.9 Å². The van der Waals surface area contributed by atoms with Crippen molar-refractivity contribution in [3.63, 3.8) is 0 Å². The smallest absolute Gasteiger partial charge is 0.224 e. The van der Waals surface area contributed by atoms with Crippen LogP contribution in [0.15, 0.2) is 18.2 Å². The zero-order chi connectivity index (χ0) is 21.8. The molecule has 3 unspecified atom stereocenters. The van der Waals surface area contributed by atoms with Crippen molar-refractivity contribution in [2.75, 3.05) is 17.8 Å². The van der Waals surface area contributed by atoms with Crippen LogP contribution in [0, 0.1) is 0 Å². The lowest BCUT2D eigenvalue weighted by Gasteiger charge is -2.24. The van der Waals surface area contributed by atoms with Gasteiger partial charge in [-0.15, -0.1) is 0 Å². The Hall–Kier alpha value is -0.690. The molecule has 2 heterocycles. The number of benzene rings is 1. The number of fused-ring (bicyclic) bond motifs is 1. The molecule has 11 heteroatoms. The minimum Gasteiger partial charge on any atom is -0.368 e. The molecule has 8 nitrogen and oxygen atoms in total. The molecule has 4 N–H and O–H groups in total. The normalized spacial score (nSPS) is 23.5. The first kappa shape index (κ1) is 23.5. The van der Waals surface area contributed by atoms with E-state index in [1.165, 1.54) is 19.3 Å². The Kier molecular flexibility index (Phi) is 8.29. The summed E-state index contributed by atoms with van der Waals surface area (Å²) in [5, 5.41) is 4.74. The summed E-state index contributed by atoms with van der Waals surface area (Å²) >= 11 is 6.22. The molecule has 1 aromatic heterocycles. The van der Waals surface area contributed by atoms with Gasteiger partial charge in [0.2, 0.25) is 5.28 Å². The summed E-state index contributed by atoms with van der Waals surface area (Å²) in [4.78, 5) is 36.5. The molecule has 31 heavy (non-hydrogen) atoms. The first-order chi connectivity index (χ1) is 15.0. The molecule has 0 bridgehead atoms. The van der Waals surface area contributed by atoms with Crippen molar-refractivity contribution >= 4 is 45.1 Å². The Morgan fingerprint density at radius 1 is 1.10 bits per heavy atom. The Bertz CT molecular complexity index is 887. The van der Waals surface area contributed by atoms with E-state index in [1.54, 1.807) is 0 Å². The maximum Gasteiger partial charge on any atom is 0.224 e. The van der Waals surface area contributed by atoms with E-state index in [1.807, 2.05) is 18.2 Å². The average Bonchev–Trinajstić information content (AvgIpc) is 3.21. The third-order valence-electron chi connectivity index (χ3n) is 5.78. The number of nitrogens with zero attached hydrogens (tertiary/aromatic N) is 2. The molecule has 0 amide bonds. The molecule has 0 radical (unpaired) electrons. The minimum absolute atomic E-state index is 0.0841. The summed E-state index contributed by atoms with van der Waals surface area (Å²) in [6, 6.07) is 6.50. The molecule has 1 saturated carbocycles. The predicted molar refractivity (Wildman–Crippen MR) is 123 cm³/mol. The van der Waals surface area contributed by atoms with Gasteiger partial charge in [0, 0.05) is 11.4 Å². The van der Waals surface area contributed by atoms with E-state index >= 15 is 0 Å². The summed E-state index contributed by atoms with van der Waals surface area (Å²) in [5.41, 5.74) is 1.81. The molecule has 1 aliphatic carbocycles. The van der Waals surface area contributed by atoms with E-state index < -0.39 is 16.8 Å². The SMILES string of the molecule is OP(O)CP(O)OCC1CCC(c2ccc3c(NC4CCCCC4)nc(Cl)nc3c2)O1. The van der Waals surface area contributed by atoms with Crippen molar-refractivity contribution in [1.82, 2.24) is 9.97 Å². The monoisotopic (exact) mass is 487 g/mol. The Balaban J connectivity index is 1.42. The van der Waals surface area contributed by atoms with Crippen LogP contribution in [-0.4, -0.2) is 49.3 Å². The molecule has 1 aromatic carbocycles. The second kappa shape index (κ2) is 11.0. The average molecular weight is 488 g/mol. The lowest BCUT2D eigenvalue weighted by atomic mass is 9.95. The minimum atomic E-state index is -2.15. The zero-order valence-corrected chi connectivity index (χ0v) is 19.7. The van der Waals surface area contributed by atoms with Gasteiger partial charge in [0.05, 0.1) is 30.2 Å². The molecule has 1 aliphatic heterocycles. The van der Waals surface area contributed by atoms with Gasteiger partial charge in [-0.05, 0) is 55.0 Å². The van der Waals surface area contributed by atoms with Gasteiger partial charge >= 0.3 is 0 Å². The third kappa shape index (κ3) is 6.43. The van der Waals surface area contributed by atoms with E-state index in [0.29, 0.717) is 6.04 Å². The molecule has 2 aromatic rings. The fourth-order valence-corrected chi connectivity index (χ4v) is 5.97. The summed E-state index contributed by atoms with van der Waals surface area (Å²) in [6.07, 6.45) is 7.48. The molecule has 4 rings (SSSR count). The lowest BCUT2D eigenvalue weighted by Crippen LogP contribution is -2.23. The maximum atomic E-state index is 9.70. The van der Waals surface area contributed by atoms with E-state index in [4.69, 9.17) is 30.6 Å². The number of hydrogen-bond donors (Lipinski definition) is 4. The fraction of sp³-hybridized carbons (Fsp3) is 0.600. The fourth-order valence-electron chi connectivity index (χ4n) is 4.26. The van der Waals surface area contributed by atoms with Gasteiger partial charge in [-0.2, -0.15) is 0 Å². The van der Waals surface area contributed by atoms with Gasteiger partial charge in [0.25, 0.3) is 0 Å².